The van der Waals surface area contributed by atoms with Crippen LogP contribution in [0.2, 0.25) is 5.02 Å². The summed E-state index contributed by atoms with van der Waals surface area (Å²) in [5.74, 6) is 1.64. The van der Waals surface area contributed by atoms with E-state index in [1.165, 1.54) is 0 Å². The number of benzene rings is 1. The first-order chi connectivity index (χ1) is 11.1. The van der Waals surface area contributed by atoms with E-state index in [-0.39, 0.29) is 17.3 Å². The normalized spacial score (nSPS) is 11.4. The number of halogens is 1. The average molecular weight is 334 g/mol. The Balaban J connectivity index is 2.10. The predicted molar refractivity (Wildman–Crippen MR) is 87.0 cm³/mol. The molecule has 0 spiro atoms. The van der Waals surface area contributed by atoms with Gasteiger partial charge >= 0.3 is 0 Å². The number of aliphatic hydroxyl groups is 1. The number of nitrogens with zero attached hydrogens (tertiary/aromatic N) is 2. The topological polar surface area (TPSA) is 87.4 Å². The van der Waals surface area contributed by atoms with Crippen molar-refractivity contribution in [1.29, 1.82) is 5.26 Å². The number of nitriles is 1. The van der Waals surface area contributed by atoms with Crippen LogP contribution < -0.4 is 14.8 Å². The third kappa shape index (κ3) is 4.25. The van der Waals surface area contributed by atoms with E-state index in [1.807, 2.05) is 6.07 Å². The third-order valence-corrected chi connectivity index (χ3v) is 3.49. The molecule has 23 heavy (non-hydrogen) atoms. The Hall–Kier alpha value is -2.49. The Bertz CT molecular complexity index is 709. The van der Waals surface area contributed by atoms with Crippen molar-refractivity contribution in [2.24, 2.45) is 0 Å². The lowest BCUT2D eigenvalue weighted by atomic mass is 10.1. The molecule has 0 aliphatic heterocycles. The standard InChI is InChI=1S/C16H16ClN3O3/c1-22-11-5-10(6-12(7-11)23-2)15(21)9-19-16-4-3-13(17)14(8-18)20-16/h3-7,15,21H,9H2,1-2H3,(H,19,20). The van der Waals surface area contributed by atoms with Crippen molar-refractivity contribution in [2.75, 3.05) is 26.1 Å². The number of pyridine rings is 1. The second kappa shape index (κ2) is 7.68. The molecule has 1 unspecified atom stereocenters. The van der Waals surface area contributed by atoms with Crippen molar-refractivity contribution < 1.29 is 14.6 Å². The summed E-state index contributed by atoms with van der Waals surface area (Å²) in [6.45, 7) is 0.204. The predicted octanol–water partition coefficient (Wildman–Crippen LogP) is 2.77. The lowest BCUT2D eigenvalue weighted by Gasteiger charge is -2.15. The molecule has 2 aromatic rings. The van der Waals surface area contributed by atoms with Crippen LogP contribution in [0.3, 0.4) is 0 Å². The van der Waals surface area contributed by atoms with Gasteiger partial charge in [-0.15, -0.1) is 0 Å². The van der Waals surface area contributed by atoms with Crippen LogP contribution in [0.25, 0.3) is 0 Å². The van der Waals surface area contributed by atoms with Crippen molar-refractivity contribution in [2.45, 2.75) is 6.10 Å². The number of nitrogens with one attached hydrogen (secondary N) is 1. The maximum Gasteiger partial charge on any atom is 0.161 e. The van der Waals surface area contributed by atoms with Crippen molar-refractivity contribution >= 4 is 17.4 Å². The number of aromatic nitrogens is 1. The molecule has 7 heteroatoms. The first kappa shape index (κ1) is 16.9. The molecule has 0 radical (unpaired) electrons. The summed E-state index contributed by atoms with van der Waals surface area (Å²) in [6, 6.07) is 10.3. The molecule has 0 fully saturated rings. The van der Waals surface area contributed by atoms with Gasteiger partial charge in [0.15, 0.2) is 5.69 Å². The van der Waals surface area contributed by atoms with Crippen LogP contribution in [0, 0.1) is 11.3 Å². The Morgan fingerprint density at radius 2 is 1.91 bits per heavy atom. The highest BCUT2D eigenvalue weighted by Gasteiger charge is 2.12. The summed E-state index contributed by atoms with van der Waals surface area (Å²) in [7, 11) is 3.09. The summed E-state index contributed by atoms with van der Waals surface area (Å²) in [6.07, 6.45) is -0.804. The Morgan fingerprint density at radius 3 is 2.48 bits per heavy atom. The maximum absolute atomic E-state index is 10.3. The molecule has 1 atom stereocenters. The number of anilines is 1. The van der Waals surface area contributed by atoms with Crippen LogP contribution in [-0.4, -0.2) is 30.9 Å². The Kier molecular flexibility index (Phi) is 5.63. The van der Waals surface area contributed by atoms with Crippen LogP contribution >= 0.6 is 11.6 Å². The minimum absolute atomic E-state index is 0.134. The van der Waals surface area contributed by atoms with Crippen LogP contribution in [0.15, 0.2) is 30.3 Å². The zero-order valence-corrected chi connectivity index (χ0v) is 13.5. The molecule has 1 aromatic heterocycles. The molecule has 0 bridgehead atoms. The highest BCUT2D eigenvalue weighted by Crippen LogP contribution is 2.26. The lowest BCUT2D eigenvalue weighted by molar-refractivity contribution is 0.190. The van der Waals surface area contributed by atoms with Crippen molar-refractivity contribution in [3.05, 3.63) is 46.6 Å². The van der Waals surface area contributed by atoms with Crippen molar-refractivity contribution in [3.63, 3.8) is 0 Å². The number of methoxy groups -OCH3 is 2. The van der Waals surface area contributed by atoms with Crippen LogP contribution in [0.5, 0.6) is 11.5 Å². The smallest absolute Gasteiger partial charge is 0.161 e. The first-order valence-corrected chi connectivity index (χ1v) is 7.16. The van der Waals surface area contributed by atoms with E-state index in [9.17, 15) is 5.11 Å². The number of ether oxygens (including phenoxy) is 2. The summed E-state index contributed by atoms with van der Waals surface area (Å²) in [5, 5.41) is 22.5. The van der Waals surface area contributed by atoms with Crippen LogP contribution in [0.4, 0.5) is 5.82 Å². The fourth-order valence-electron chi connectivity index (χ4n) is 1.96. The summed E-state index contributed by atoms with van der Waals surface area (Å²) >= 11 is 5.83. The lowest BCUT2D eigenvalue weighted by Crippen LogP contribution is -2.13. The van der Waals surface area contributed by atoms with Gasteiger partial charge in [0.1, 0.15) is 23.4 Å². The zero-order valence-electron chi connectivity index (χ0n) is 12.7. The highest BCUT2D eigenvalue weighted by atomic mass is 35.5. The fraction of sp³-hybridized carbons (Fsp3) is 0.250. The minimum Gasteiger partial charge on any atom is -0.497 e. The Labute approximate surface area is 139 Å². The van der Waals surface area contributed by atoms with E-state index in [2.05, 4.69) is 10.3 Å². The third-order valence-electron chi connectivity index (χ3n) is 3.19. The molecule has 120 valence electrons. The molecule has 1 aromatic carbocycles. The first-order valence-electron chi connectivity index (χ1n) is 6.79. The van der Waals surface area contributed by atoms with E-state index in [1.54, 1.807) is 44.6 Å². The van der Waals surface area contributed by atoms with Gasteiger partial charge in [0.05, 0.1) is 25.3 Å². The molecule has 6 nitrogen and oxygen atoms in total. The molecule has 2 rings (SSSR count). The van der Waals surface area contributed by atoms with Gasteiger partial charge in [-0.3, -0.25) is 0 Å². The van der Waals surface area contributed by atoms with E-state index < -0.39 is 6.10 Å². The van der Waals surface area contributed by atoms with Gasteiger partial charge in [0.25, 0.3) is 0 Å². The van der Waals surface area contributed by atoms with Gasteiger partial charge in [0, 0.05) is 12.6 Å². The van der Waals surface area contributed by atoms with E-state index in [0.717, 1.165) is 0 Å². The Morgan fingerprint density at radius 1 is 1.26 bits per heavy atom. The summed E-state index contributed by atoms with van der Waals surface area (Å²) < 4.78 is 10.4. The average Bonchev–Trinajstić information content (AvgIpc) is 2.60. The zero-order chi connectivity index (χ0) is 16.8. The number of aliphatic hydroxyl groups excluding tert-OH is 1. The molecule has 0 saturated heterocycles. The second-order valence-electron chi connectivity index (χ2n) is 4.68. The molecule has 0 amide bonds. The van der Waals surface area contributed by atoms with E-state index in [0.29, 0.717) is 22.9 Å². The monoisotopic (exact) mass is 333 g/mol. The fourth-order valence-corrected chi connectivity index (χ4v) is 2.11. The minimum atomic E-state index is -0.804. The second-order valence-corrected chi connectivity index (χ2v) is 5.09. The van der Waals surface area contributed by atoms with Crippen molar-refractivity contribution in [1.82, 2.24) is 4.98 Å². The highest BCUT2D eigenvalue weighted by molar-refractivity contribution is 6.31. The molecule has 1 heterocycles. The molecule has 0 saturated carbocycles. The van der Waals surface area contributed by atoms with Crippen molar-refractivity contribution in [3.8, 4) is 17.6 Å². The van der Waals surface area contributed by atoms with Gasteiger partial charge < -0.3 is 19.9 Å². The SMILES string of the molecule is COc1cc(OC)cc(C(O)CNc2ccc(Cl)c(C#N)n2)c1. The molecular formula is C16H16ClN3O3. The summed E-state index contributed by atoms with van der Waals surface area (Å²) in [4.78, 5) is 4.06. The number of hydrogen-bond donors (Lipinski definition) is 2. The molecular weight excluding hydrogens is 318 g/mol. The quantitative estimate of drug-likeness (QED) is 0.845. The maximum atomic E-state index is 10.3. The largest absolute Gasteiger partial charge is 0.497 e. The van der Waals surface area contributed by atoms with Gasteiger partial charge in [-0.2, -0.15) is 5.26 Å². The number of rotatable bonds is 6. The van der Waals surface area contributed by atoms with Crippen LogP contribution in [0.1, 0.15) is 17.4 Å². The van der Waals surface area contributed by atoms with Gasteiger partial charge in [-0.1, -0.05) is 11.6 Å². The molecule has 2 N–H and O–H groups in total. The van der Waals surface area contributed by atoms with Crippen LogP contribution in [-0.2, 0) is 0 Å². The van der Waals surface area contributed by atoms with Gasteiger partial charge in [-0.25, -0.2) is 4.98 Å². The molecule has 0 aliphatic rings. The van der Waals surface area contributed by atoms with E-state index in [4.69, 9.17) is 26.3 Å². The number of hydrogen-bond acceptors (Lipinski definition) is 6. The summed E-state index contributed by atoms with van der Waals surface area (Å²) in [5.41, 5.74) is 0.775. The van der Waals surface area contributed by atoms with Gasteiger partial charge in [0.2, 0.25) is 0 Å². The molecule has 0 aliphatic carbocycles. The van der Waals surface area contributed by atoms with E-state index >= 15 is 0 Å². The van der Waals surface area contributed by atoms with Gasteiger partial charge in [-0.05, 0) is 29.8 Å².